The van der Waals surface area contributed by atoms with Gasteiger partial charge in [-0.15, -0.1) is 0 Å². The van der Waals surface area contributed by atoms with Gasteiger partial charge in [-0.05, 0) is 37.8 Å². The molecule has 1 aliphatic carbocycles. The van der Waals surface area contributed by atoms with Crippen LogP contribution < -0.4 is 10.6 Å². The molecule has 2 N–H and O–H groups in total. The highest BCUT2D eigenvalue weighted by atomic mass is 16.2. The summed E-state index contributed by atoms with van der Waals surface area (Å²) in [6, 6.07) is 3.38. The Hall–Kier alpha value is -2.11. The van der Waals surface area contributed by atoms with Crippen LogP contribution in [0.3, 0.4) is 0 Å². The summed E-state index contributed by atoms with van der Waals surface area (Å²) in [7, 11) is 0. The lowest BCUT2D eigenvalue weighted by atomic mass is 9.93. The minimum atomic E-state index is -0.620. The van der Waals surface area contributed by atoms with Crippen LogP contribution in [0.2, 0.25) is 0 Å². The zero-order valence-electron chi connectivity index (χ0n) is 11.1. The number of imide groups is 1. The quantitative estimate of drug-likeness (QED) is 0.799. The molecule has 1 aliphatic heterocycles. The maximum absolute atomic E-state index is 12.3. The van der Waals surface area contributed by atoms with Gasteiger partial charge in [0.15, 0.2) is 0 Å². The summed E-state index contributed by atoms with van der Waals surface area (Å²) in [4.78, 5) is 35.0. The topological polar surface area (TPSA) is 80.2 Å². The van der Waals surface area contributed by atoms with E-state index in [0.717, 1.165) is 12.8 Å². The summed E-state index contributed by atoms with van der Waals surface area (Å²) in [6.45, 7) is 0. The molecule has 1 aromatic rings. The lowest BCUT2D eigenvalue weighted by Crippen LogP contribution is -2.52. The molecule has 0 aromatic carbocycles. The van der Waals surface area contributed by atoms with E-state index < -0.39 is 11.9 Å². The molecule has 1 aromatic heterocycles. The fraction of sp³-hybridized carbons (Fsp3) is 0.500. The molecular formula is C14H17N3O3. The minimum Gasteiger partial charge on any atom is -0.340 e. The third-order valence-electron chi connectivity index (χ3n) is 4.02. The number of hydrogen-bond acceptors (Lipinski definition) is 3. The third kappa shape index (κ3) is 2.33. The first-order valence-corrected chi connectivity index (χ1v) is 6.96. The molecule has 106 valence electrons. The highest BCUT2D eigenvalue weighted by molar-refractivity contribution is 6.03. The van der Waals surface area contributed by atoms with Crippen molar-refractivity contribution in [3.8, 4) is 0 Å². The first-order chi connectivity index (χ1) is 9.65. The molecule has 6 heteroatoms. The summed E-state index contributed by atoms with van der Waals surface area (Å²) in [5.74, 6) is -0.953. The van der Waals surface area contributed by atoms with Gasteiger partial charge in [0.25, 0.3) is 5.91 Å². The van der Waals surface area contributed by atoms with E-state index in [1.807, 2.05) is 16.8 Å². The maximum atomic E-state index is 12.3. The van der Waals surface area contributed by atoms with Gasteiger partial charge in [-0.3, -0.25) is 19.7 Å². The van der Waals surface area contributed by atoms with Crippen LogP contribution in [0.15, 0.2) is 18.3 Å². The van der Waals surface area contributed by atoms with Gasteiger partial charge in [0.1, 0.15) is 11.7 Å². The lowest BCUT2D eigenvalue weighted by Gasteiger charge is -2.29. The second-order valence-electron chi connectivity index (χ2n) is 5.36. The number of carbonyl (C=O) groups excluding carboxylic acids is 3. The van der Waals surface area contributed by atoms with Crippen LogP contribution in [0.1, 0.15) is 48.6 Å². The summed E-state index contributed by atoms with van der Waals surface area (Å²) in [6.07, 6.45) is 5.90. The van der Waals surface area contributed by atoms with E-state index in [1.54, 1.807) is 6.07 Å². The largest absolute Gasteiger partial charge is 0.340 e. The Bertz CT molecular complexity index is 560. The van der Waals surface area contributed by atoms with Crippen LogP contribution in [-0.2, 0) is 9.59 Å². The predicted octanol–water partition coefficient (Wildman–Crippen LogP) is 0.748. The standard InChI is InChI=1S/C14H17N3O3/c18-12-7-6-10(13(19)16-12)15-14(20)11-5-2-8-17(11)9-3-1-4-9/h2,5,8-10H,1,3-4,6-7H2,(H,15,20)(H,16,18,19). The van der Waals surface area contributed by atoms with Gasteiger partial charge < -0.3 is 9.88 Å². The van der Waals surface area contributed by atoms with Crippen molar-refractivity contribution in [3.05, 3.63) is 24.0 Å². The second-order valence-corrected chi connectivity index (χ2v) is 5.36. The van der Waals surface area contributed by atoms with Crippen LogP contribution in [0.25, 0.3) is 0 Å². The average Bonchev–Trinajstić information content (AvgIpc) is 2.79. The molecule has 20 heavy (non-hydrogen) atoms. The Kier molecular flexibility index (Phi) is 3.30. The fourth-order valence-electron chi connectivity index (χ4n) is 2.63. The van der Waals surface area contributed by atoms with E-state index in [1.165, 1.54) is 6.42 Å². The van der Waals surface area contributed by atoms with E-state index in [2.05, 4.69) is 10.6 Å². The van der Waals surface area contributed by atoms with Gasteiger partial charge in [-0.25, -0.2) is 0 Å². The third-order valence-corrected chi connectivity index (χ3v) is 4.02. The molecule has 3 rings (SSSR count). The van der Waals surface area contributed by atoms with Crippen LogP contribution in [0, 0.1) is 0 Å². The van der Waals surface area contributed by atoms with Crippen molar-refractivity contribution < 1.29 is 14.4 Å². The van der Waals surface area contributed by atoms with E-state index in [0.29, 0.717) is 18.2 Å². The predicted molar refractivity (Wildman–Crippen MR) is 71.0 cm³/mol. The van der Waals surface area contributed by atoms with Gasteiger partial charge >= 0.3 is 0 Å². The molecule has 2 heterocycles. The highest BCUT2D eigenvalue weighted by Gasteiger charge is 2.29. The van der Waals surface area contributed by atoms with Crippen molar-refractivity contribution in [1.29, 1.82) is 0 Å². The lowest BCUT2D eigenvalue weighted by molar-refractivity contribution is -0.134. The molecule has 1 saturated carbocycles. The Morgan fingerprint density at radius 2 is 2.10 bits per heavy atom. The van der Waals surface area contributed by atoms with E-state index in [9.17, 15) is 14.4 Å². The van der Waals surface area contributed by atoms with Crippen LogP contribution in [0.5, 0.6) is 0 Å². The maximum Gasteiger partial charge on any atom is 0.268 e. The van der Waals surface area contributed by atoms with Crippen molar-refractivity contribution in [2.24, 2.45) is 0 Å². The summed E-state index contributed by atoms with van der Waals surface area (Å²) < 4.78 is 1.98. The van der Waals surface area contributed by atoms with Gasteiger partial charge in [0.05, 0.1) is 0 Å². The number of nitrogens with one attached hydrogen (secondary N) is 2. The number of piperidine rings is 1. The molecule has 2 fully saturated rings. The van der Waals surface area contributed by atoms with Gasteiger partial charge in [-0.1, -0.05) is 0 Å². The summed E-state index contributed by atoms with van der Waals surface area (Å²) in [5, 5.41) is 4.95. The van der Waals surface area contributed by atoms with Crippen molar-refractivity contribution in [3.63, 3.8) is 0 Å². The SMILES string of the molecule is O=C1CCC(NC(=O)c2cccn2C2CCC2)C(=O)N1. The average molecular weight is 275 g/mol. The van der Waals surface area contributed by atoms with E-state index in [-0.39, 0.29) is 18.2 Å². The van der Waals surface area contributed by atoms with Crippen LogP contribution >= 0.6 is 0 Å². The zero-order valence-corrected chi connectivity index (χ0v) is 11.1. The Balaban J connectivity index is 1.69. The molecule has 1 atom stereocenters. The molecule has 0 radical (unpaired) electrons. The molecule has 0 bridgehead atoms. The monoisotopic (exact) mass is 275 g/mol. The molecule has 6 nitrogen and oxygen atoms in total. The summed E-state index contributed by atoms with van der Waals surface area (Å²) in [5.41, 5.74) is 0.583. The molecule has 1 unspecified atom stereocenters. The molecular weight excluding hydrogens is 258 g/mol. The van der Waals surface area contributed by atoms with Crippen LogP contribution in [-0.4, -0.2) is 28.3 Å². The van der Waals surface area contributed by atoms with Gasteiger partial charge in [0.2, 0.25) is 11.8 Å². The number of rotatable bonds is 3. The molecule has 3 amide bonds. The molecule has 1 saturated heterocycles. The van der Waals surface area contributed by atoms with Crippen molar-refractivity contribution in [1.82, 2.24) is 15.2 Å². The Morgan fingerprint density at radius 3 is 2.75 bits per heavy atom. The van der Waals surface area contributed by atoms with Crippen molar-refractivity contribution in [2.75, 3.05) is 0 Å². The number of nitrogens with zero attached hydrogens (tertiary/aromatic N) is 1. The van der Waals surface area contributed by atoms with Gasteiger partial charge in [0, 0.05) is 18.7 Å². The van der Waals surface area contributed by atoms with Gasteiger partial charge in [-0.2, -0.15) is 0 Å². The number of carbonyl (C=O) groups is 3. The Morgan fingerprint density at radius 1 is 1.30 bits per heavy atom. The fourth-order valence-corrected chi connectivity index (χ4v) is 2.63. The zero-order chi connectivity index (χ0) is 14.1. The van der Waals surface area contributed by atoms with Crippen molar-refractivity contribution in [2.45, 2.75) is 44.2 Å². The normalized spacial score (nSPS) is 23.1. The van der Waals surface area contributed by atoms with E-state index >= 15 is 0 Å². The minimum absolute atomic E-state index is 0.253. The Labute approximate surface area is 116 Å². The first-order valence-electron chi connectivity index (χ1n) is 6.96. The van der Waals surface area contributed by atoms with Crippen LogP contribution in [0.4, 0.5) is 0 Å². The molecule has 0 spiro atoms. The number of aromatic nitrogens is 1. The van der Waals surface area contributed by atoms with E-state index in [4.69, 9.17) is 0 Å². The molecule has 2 aliphatic rings. The second kappa shape index (κ2) is 5.11. The highest BCUT2D eigenvalue weighted by Crippen LogP contribution is 2.32. The summed E-state index contributed by atoms with van der Waals surface area (Å²) >= 11 is 0. The smallest absolute Gasteiger partial charge is 0.268 e. The number of amides is 3. The first kappa shape index (κ1) is 12.9. The van der Waals surface area contributed by atoms with Crippen molar-refractivity contribution >= 4 is 17.7 Å². The number of hydrogen-bond donors (Lipinski definition) is 2.